The Bertz CT molecular complexity index is 468. The second-order valence-corrected chi connectivity index (χ2v) is 5.82. The van der Waals surface area contributed by atoms with E-state index in [1.807, 2.05) is 11.8 Å². The highest BCUT2D eigenvalue weighted by Gasteiger charge is 2.40. The summed E-state index contributed by atoms with van der Waals surface area (Å²) in [5, 5.41) is 10.1. The van der Waals surface area contributed by atoms with Gasteiger partial charge in [-0.15, -0.1) is 0 Å². The van der Waals surface area contributed by atoms with Crippen LogP contribution in [0.4, 0.5) is 0 Å². The molecular weight excluding hydrogens is 242 g/mol. The Morgan fingerprint density at radius 3 is 2.84 bits per heavy atom. The number of aryl methyl sites for hydroxylation is 1. The minimum Gasteiger partial charge on any atom is -0.469 e. The Balaban J connectivity index is 1.77. The Kier molecular flexibility index (Phi) is 3.35. The molecule has 1 saturated heterocycles. The van der Waals surface area contributed by atoms with Crippen molar-refractivity contribution in [3.8, 4) is 0 Å². The largest absolute Gasteiger partial charge is 0.469 e. The molecule has 1 amide bonds. The van der Waals surface area contributed by atoms with Gasteiger partial charge in [-0.25, -0.2) is 0 Å². The van der Waals surface area contributed by atoms with Crippen LogP contribution < -0.4 is 0 Å². The number of hydrogen-bond donors (Lipinski definition) is 1. The molecule has 0 radical (unpaired) electrons. The van der Waals surface area contributed by atoms with Crippen LogP contribution in [0, 0.1) is 12.8 Å². The zero-order chi connectivity index (χ0) is 13.4. The topological polar surface area (TPSA) is 53.7 Å². The molecule has 3 atom stereocenters. The van der Waals surface area contributed by atoms with Crippen molar-refractivity contribution < 1.29 is 14.3 Å². The third-order valence-electron chi connectivity index (χ3n) is 4.56. The maximum atomic E-state index is 12.5. The summed E-state index contributed by atoms with van der Waals surface area (Å²) < 4.78 is 5.23. The molecule has 1 aliphatic heterocycles. The molecule has 0 aromatic carbocycles. The first-order chi connectivity index (χ1) is 9.16. The number of furan rings is 1. The quantitative estimate of drug-likeness (QED) is 0.891. The lowest BCUT2D eigenvalue weighted by Gasteiger charge is -2.31. The number of likely N-dealkylation sites (tertiary alicyclic amines) is 1. The van der Waals surface area contributed by atoms with E-state index in [9.17, 15) is 9.90 Å². The van der Waals surface area contributed by atoms with Crippen molar-refractivity contribution in [2.24, 2.45) is 5.92 Å². The molecule has 1 aliphatic carbocycles. The van der Waals surface area contributed by atoms with Gasteiger partial charge in [0.2, 0.25) is 0 Å². The first-order valence-electron chi connectivity index (χ1n) is 7.21. The summed E-state index contributed by atoms with van der Waals surface area (Å²) in [6.07, 6.45) is 6.37. The third-order valence-corrected chi connectivity index (χ3v) is 4.56. The molecule has 19 heavy (non-hydrogen) atoms. The van der Waals surface area contributed by atoms with Crippen LogP contribution in [0.5, 0.6) is 0 Å². The van der Waals surface area contributed by atoms with Crippen molar-refractivity contribution >= 4 is 5.91 Å². The van der Waals surface area contributed by atoms with Gasteiger partial charge in [0.05, 0.1) is 11.7 Å². The summed E-state index contributed by atoms with van der Waals surface area (Å²) in [4.78, 5) is 14.5. The van der Waals surface area contributed by atoms with Gasteiger partial charge in [0.15, 0.2) is 0 Å². The van der Waals surface area contributed by atoms with E-state index in [4.69, 9.17) is 4.42 Å². The lowest BCUT2D eigenvalue weighted by Crippen LogP contribution is -2.42. The zero-order valence-corrected chi connectivity index (χ0v) is 11.3. The standard InChI is InChI=1S/C15H21NO3/c1-10-8-11(9-19-10)15(18)16-7-3-5-13(16)12-4-2-6-14(12)17/h8-9,12-14,17H,2-7H2,1H3. The number of aliphatic hydroxyl groups excluding tert-OH is 1. The smallest absolute Gasteiger partial charge is 0.257 e. The van der Waals surface area contributed by atoms with Gasteiger partial charge in [0, 0.05) is 18.5 Å². The maximum Gasteiger partial charge on any atom is 0.257 e. The molecule has 1 aromatic heterocycles. The summed E-state index contributed by atoms with van der Waals surface area (Å²) in [5.74, 6) is 1.08. The fourth-order valence-electron chi connectivity index (χ4n) is 3.63. The predicted octanol–water partition coefficient (Wildman–Crippen LogP) is 2.35. The maximum absolute atomic E-state index is 12.5. The van der Waals surface area contributed by atoms with Crippen molar-refractivity contribution in [3.63, 3.8) is 0 Å². The normalized spacial score (nSPS) is 31.1. The molecule has 1 saturated carbocycles. The van der Waals surface area contributed by atoms with E-state index in [0.29, 0.717) is 5.56 Å². The summed E-state index contributed by atoms with van der Waals surface area (Å²) >= 11 is 0. The fraction of sp³-hybridized carbons (Fsp3) is 0.667. The first kappa shape index (κ1) is 12.7. The van der Waals surface area contributed by atoms with Crippen LogP contribution in [0.2, 0.25) is 0 Å². The number of rotatable bonds is 2. The molecule has 2 fully saturated rings. The molecule has 4 nitrogen and oxygen atoms in total. The van der Waals surface area contributed by atoms with Crippen molar-refractivity contribution in [1.29, 1.82) is 0 Å². The first-order valence-corrected chi connectivity index (χ1v) is 7.21. The van der Waals surface area contributed by atoms with Gasteiger partial charge < -0.3 is 14.4 Å². The highest BCUT2D eigenvalue weighted by Crippen LogP contribution is 2.36. The fourth-order valence-corrected chi connectivity index (χ4v) is 3.63. The summed E-state index contributed by atoms with van der Waals surface area (Å²) in [7, 11) is 0. The van der Waals surface area contributed by atoms with Gasteiger partial charge in [-0.05, 0) is 38.7 Å². The third kappa shape index (κ3) is 2.29. The minimum atomic E-state index is -0.232. The van der Waals surface area contributed by atoms with E-state index < -0.39 is 0 Å². The van der Waals surface area contributed by atoms with Gasteiger partial charge in [-0.3, -0.25) is 4.79 Å². The van der Waals surface area contributed by atoms with Crippen LogP contribution in [0.1, 0.15) is 48.2 Å². The van der Waals surface area contributed by atoms with Crippen molar-refractivity contribution in [1.82, 2.24) is 4.90 Å². The number of aliphatic hydroxyl groups is 1. The number of carbonyl (C=O) groups is 1. The van der Waals surface area contributed by atoms with Crippen LogP contribution in [0.3, 0.4) is 0 Å². The molecule has 1 N–H and O–H groups in total. The van der Waals surface area contributed by atoms with Gasteiger partial charge >= 0.3 is 0 Å². The molecule has 4 heteroatoms. The predicted molar refractivity (Wildman–Crippen MR) is 70.9 cm³/mol. The summed E-state index contributed by atoms with van der Waals surface area (Å²) in [6, 6.07) is 2.00. The molecule has 2 heterocycles. The Morgan fingerprint density at radius 1 is 1.37 bits per heavy atom. The van der Waals surface area contributed by atoms with Crippen molar-refractivity contribution in [3.05, 3.63) is 23.7 Å². The van der Waals surface area contributed by atoms with Crippen LogP contribution >= 0.6 is 0 Å². The summed E-state index contributed by atoms with van der Waals surface area (Å²) in [5.41, 5.74) is 0.636. The van der Waals surface area contributed by atoms with Gasteiger partial charge in [-0.1, -0.05) is 6.42 Å². The molecule has 104 valence electrons. The van der Waals surface area contributed by atoms with Crippen LogP contribution in [0.25, 0.3) is 0 Å². The average molecular weight is 263 g/mol. The Labute approximate surface area is 113 Å². The van der Waals surface area contributed by atoms with Gasteiger partial charge in [-0.2, -0.15) is 0 Å². The van der Waals surface area contributed by atoms with E-state index in [1.54, 1.807) is 6.07 Å². The van der Waals surface area contributed by atoms with Gasteiger partial charge in [0.1, 0.15) is 12.0 Å². The van der Waals surface area contributed by atoms with E-state index in [2.05, 4.69) is 0 Å². The lowest BCUT2D eigenvalue weighted by atomic mass is 9.94. The molecule has 0 bridgehead atoms. The van der Waals surface area contributed by atoms with Crippen molar-refractivity contribution in [2.75, 3.05) is 6.54 Å². The lowest BCUT2D eigenvalue weighted by molar-refractivity contribution is 0.0527. The zero-order valence-electron chi connectivity index (χ0n) is 11.3. The van der Waals surface area contributed by atoms with Gasteiger partial charge in [0.25, 0.3) is 5.91 Å². The number of hydrogen-bond acceptors (Lipinski definition) is 3. The summed E-state index contributed by atoms with van der Waals surface area (Å²) in [6.45, 7) is 2.65. The van der Waals surface area contributed by atoms with E-state index >= 15 is 0 Å². The second kappa shape index (κ2) is 5.00. The Hall–Kier alpha value is -1.29. The average Bonchev–Trinajstić information content (AvgIpc) is 3.07. The molecule has 3 unspecified atom stereocenters. The minimum absolute atomic E-state index is 0.0541. The molecular formula is C15H21NO3. The molecule has 2 aliphatic rings. The number of amides is 1. The van der Waals surface area contributed by atoms with Crippen LogP contribution in [0.15, 0.2) is 16.7 Å². The molecule has 3 rings (SSSR count). The number of nitrogens with zero attached hydrogens (tertiary/aromatic N) is 1. The highest BCUT2D eigenvalue weighted by atomic mass is 16.3. The highest BCUT2D eigenvalue weighted by molar-refractivity contribution is 5.94. The van der Waals surface area contributed by atoms with E-state index in [1.165, 1.54) is 6.26 Å². The SMILES string of the molecule is Cc1cc(C(=O)N2CCCC2C2CCCC2O)co1. The molecule has 1 aromatic rings. The van der Waals surface area contributed by atoms with Crippen LogP contribution in [-0.4, -0.2) is 34.6 Å². The van der Waals surface area contributed by atoms with E-state index in [0.717, 1.165) is 44.4 Å². The van der Waals surface area contributed by atoms with Crippen molar-refractivity contribution in [2.45, 2.75) is 51.2 Å². The second-order valence-electron chi connectivity index (χ2n) is 5.82. The number of carbonyl (C=O) groups excluding carboxylic acids is 1. The van der Waals surface area contributed by atoms with Crippen LogP contribution in [-0.2, 0) is 0 Å². The van der Waals surface area contributed by atoms with E-state index in [-0.39, 0.29) is 24.0 Å². The molecule has 0 spiro atoms. The monoisotopic (exact) mass is 263 g/mol. The Morgan fingerprint density at radius 2 is 2.21 bits per heavy atom.